The Hall–Kier alpha value is -2.15. The van der Waals surface area contributed by atoms with Gasteiger partial charge in [-0.25, -0.2) is 0 Å². The van der Waals surface area contributed by atoms with Crippen molar-refractivity contribution in [2.24, 2.45) is 10.8 Å². The Bertz CT molecular complexity index is 521. The number of amides is 1. The van der Waals surface area contributed by atoms with Gasteiger partial charge >= 0.3 is 0 Å². The lowest BCUT2D eigenvalue weighted by molar-refractivity contribution is -0.124. The van der Waals surface area contributed by atoms with Crippen LogP contribution in [0.3, 0.4) is 0 Å². The van der Waals surface area contributed by atoms with Gasteiger partial charge in [-0.05, 0) is 62.8 Å². The number of ether oxygens (including phenoxy) is 1. The maximum Gasteiger partial charge on any atom is 0.258 e. The van der Waals surface area contributed by atoms with Gasteiger partial charge in [0.15, 0.2) is 11.7 Å². The molecule has 0 saturated heterocycles. The second-order valence-corrected chi connectivity index (χ2v) is 5.83. The van der Waals surface area contributed by atoms with E-state index in [9.17, 15) is 4.79 Å². The number of thiocarbonyl (C=S) groups is 1. The van der Waals surface area contributed by atoms with Gasteiger partial charge in [-0.1, -0.05) is 0 Å². The van der Waals surface area contributed by atoms with E-state index < -0.39 is 0 Å². The van der Waals surface area contributed by atoms with E-state index in [1.54, 1.807) is 18.3 Å². The largest absolute Gasteiger partial charge is 0.484 e. The summed E-state index contributed by atoms with van der Waals surface area (Å²) < 4.78 is 5.40. The molecule has 114 valence electrons. The zero-order valence-corrected chi connectivity index (χ0v) is 13.2. The third-order valence-electron chi connectivity index (χ3n) is 2.15. The number of hydrogen-bond donors (Lipinski definition) is 3. The van der Waals surface area contributed by atoms with Crippen molar-refractivity contribution >= 4 is 29.5 Å². The zero-order valence-electron chi connectivity index (χ0n) is 12.3. The van der Waals surface area contributed by atoms with Crippen LogP contribution in [-0.2, 0) is 4.79 Å². The van der Waals surface area contributed by atoms with Crippen LogP contribution in [0.1, 0.15) is 26.3 Å². The maximum atomic E-state index is 11.6. The van der Waals surface area contributed by atoms with E-state index in [1.165, 1.54) is 0 Å². The molecule has 0 aliphatic heterocycles. The van der Waals surface area contributed by atoms with Crippen molar-refractivity contribution in [3.8, 4) is 5.75 Å². The topological polar surface area (TPSA) is 88.7 Å². The van der Waals surface area contributed by atoms with Gasteiger partial charge in [0.25, 0.3) is 5.91 Å². The summed E-state index contributed by atoms with van der Waals surface area (Å²) in [6.45, 7) is 5.73. The molecule has 0 unspecified atom stereocenters. The summed E-state index contributed by atoms with van der Waals surface area (Å²) in [5.41, 5.74) is 8.29. The van der Waals surface area contributed by atoms with Gasteiger partial charge in [0.1, 0.15) is 5.75 Å². The molecule has 1 rings (SSSR count). The SMILES string of the molecule is CC(C)(C)NC(=O)COc1ccc(C=NNC(N)=S)cc1. The summed E-state index contributed by atoms with van der Waals surface area (Å²) in [6.07, 6.45) is 1.58. The molecule has 1 amide bonds. The van der Waals surface area contributed by atoms with Crippen LogP contribution < -0.4 is 21.2 Å². The van der Waals surface area contributed by atoms with Crippen molar-refractivity contribution in [1.29, 1.82) is 0 Å². The molecule has 0 bridgehead atoms. The van der Waals surface area contributed by atoms with Gasteiger partial charge in [-0.15, -0.1) is 0 Å². The first-order chi connectivity index (χ1) is 9.76. The minimum atomic E-state index is -0.267. The van der Waals surface area contributed by atoms with Crippen LogP contribution >= 0.6 is 12.2 Å². The molecule has 0 spiro atoms. The Kier molecular flexibility index (Phi) is 6.10. The quantitative estimate of drug-likeness (QED) is 0.431. The highest BCUT2D eigenvalue weighted by molar-refractivity contribution is 7.80. The number of hydrogen-bond acceptors (Lipinski definition) is 4. The summed E-state index contributed by atoms with van der Waals surface area (Å²) in [5, 5.41) is 6.77. The molecule has 21 heavy (non-hydrogen) atoms. The molecular weight excluding hydrogens is 288 g/mol. The number of hydrazone groups is 1. The van der Waals surface area contributed by atoms with Gasteiger partial charge in [-0.3, -0.25) is 10.2 Å². The normalized spacial score (nSPS) is 11.2. The molecule has 1 aromatic rings. The van der Waals surface area contributed by atoms with Crippen LogP contribution in [0.2, 0.25) is 0 Å². The molecule has 0 atom stereocenters. The fraction of sp³-hybridized carbons (Fsp3) is 0.357. The average Bonchev–Trinajstić information content (AvgIpc) is 2.35. The van der Waals surface area contributed by atoms with Crippen LogP contribution in [0.5, 0.6) is 5.75 Å². The molecule has 1 aromatic carbocycles. The van der Waals surface area contributed by atoms with Crippen LogP contribution in [0.15, 0.2) is 29.4 Å². The van der Waals surface area contributed by atoms with E-state index in [1.807, 2.05) is 32.9 Å². The number of carbonyl (C=O) groups is 1. The molecule has 7 heteroatoms. The molecule has 0 aliphatic rings. The Morgan fingerprint density at radius 3 is 2.52 bits per heavy atom. The lowest BCUT2D eigenvalue weighted by Gasteiger charge is -2.20. The molecule has 0 heterocycles. The van der Waals surface area contributed by atoms with E-state index in [0.717, 1.165) is 5.56 Å². The van der Waals surface area contributed by atoms with Gasteiger partial charge in [-0.2, -0.15) is 5.10 Å². The lowest BCUT2D eigenvalue weighted by Crippen LogP contribution is -2.43. The second-order valence-electron chi connectivity index (χ2n) is 5.39. The molecule has 0 aromatic heterocycles. The highest BCUT2D eigenvalue weighted by Gasteiger charge is 2.13. The van der Waals surface area contributed by atoms with Gasteiger partial charge < -0.3 is 15.8 Å². The van der Waals surface area contributed by atoms with Crippen LogP contribution in [0.4, 0.5) is 0 Å². The predicted molar refractivity (Wildman–Crippen MR) is 87.3 cm³/mol. The van der Waals surface area contributed by atoms with E-state index in [-0.39, 0.29) is 23.2 Å². The molecule has 4 N–H and O–H groups in total. The highest BCUT2D eigenvalue weighted by atomic mass is 32.1. The van der Waals surface area contributed by atoms with Crippen molar-refractivity contribution in [3.63, 3.8) is 0 Å². The molecule has 0 saturated carbocycles. The Balaban J connectivity index is 2.46. The minimum absolute atomic E-state index is 0.0201. The first-order valence-corrected chi connectivity index (χ1v) is 6.79. The van der Waals surface area contributed by atoms with Crippen molar-refractivity contribution in [2.75, 3.05) is 6.61 Å². The third kappa shape index (κ3) is 7.88. The number of rotatable bonds is 5. The summed E-state index contributed by atoms with van der Waals surface area (Å²) >= 11 is 4.62. The maximum absolute atomic E-state index is 11.6. The van der Waals surface area contributed by atoms with Crippen LogP contribution in [0.25, 0.3) is 0 Å². The van der Waals surface area contributed by atoms with Gasteiger partial charge in [0.2, 0.25) is 0 Å². The highest BCUT2D eigenvalue weighted by Crippen LogP contribution is 2.11. The van der Waals surface area contributed by atoms with Crippen molar-refractivity contribution in [1.82, 2.24) is 10.7 Å². The molecular formula is C14H20N4O2S. The molecule has 0 radical (unpaired) electrons. The minimum Gasteiger partial charge on any atom is -0.484 e. The van der Waals surface area contributed by atoms with E-state index in [0.29, 0.717) is 5.75 Å². The smallest absolute Gasteiger partial charge is 0.258 e. The van der Waals surface area contributed by atoms with Crippen LogP contribution in [0, 0.1) is 0 Å². The predicted octanol–water partition coefficient (Wildman–Crippen LogP) is 1.15. The van der Waals surface area contributed by atoms with Gasteiger partial charge in [0, 0.05) is 5.54 Å². The van der Waals surface area contributed by atoms with Crippen LogP contribution in [-0.4, -0.2) is 29.4 Å². The molecule has 0 aliphatic carbocycles. The second kappa shape index (κ2) is 7.58. The number of nitrogens with zero attached hydrogens (tertiary/aromatic N) is 1. The Labute approximate surface area is 129 Å². The number of benzene rings is 1. The first kappa shape index (κ1) is 16.9. The van der Waals surface area contributed by atoms with Crippen molar-refractivity contribution < 1.29 is 9.53 Å². The fourth-order valence-corrected chi connectivity index (χ4v) is 1.48. The molecule has 0 fully saturated rings. The summed E-state index contributed by atoms with van der Waals surface area (Å²) in [6, 6.07) is 7.13. The van der Waals surface area contributed by atoms with E-state index >= 15 is 0 Å². The zero-order chi connectivity index (χ0) is 15.9. The first-order valence-electron chi connectivity index (χ1n) is 6.39. The van der Waals surface area contributed by atoms with Gasteiger partial charge in [0.05, 0.1) is 6.21 Å². The summed E-state index contributed by atoms with van der Waals surface area (Å²) in [4.78, 5) is 11.6. The average molecular weight is 308 g/mol. The molecule has 6 nitrogen and oxygen atoms in total. The third-order valence-corrected chi connectivity index (χ3v) is 2.24. The Morgan fingerprint density at radius 1 is 1.38 bits per heavy atom. The Morgan fingerprint density at radius 2 is 2.00 bits per heavy atom. The summed E-state index contributed by atoms with van der Waals surface area (Å²) in [7, 11) is 0. The number of nitrogens with two attached hydrogens (primary N) is 1. The van der Waals surface area contributed by atoms with E-state index in [2.05, 4.69) is 28.1 Å². The standard InChI is InChI=1S/C14H20N4O2S/c1-14(2,3)17-12(19)9-20-11-6-4-10(5-7-11)8-16-18-13(15)21/h4-8H,9H2,1-3H3,(H,17,19)(H3,15,18,21). The van der Waals surface area contributed by atoms with Crippen molar-refractivity contribution in [3.05, 3.63) is 29.8 Å². The van der Waals surface area contributed by atoms with E-state index in [4.69, 9.17) is 10.5 Å². The van der Waals surface area contributed by atoms with Crippen molar-refractivity contribution in [2.45, 2.75) is 26.3 Å². The summed E-state index contributed by atoms with van der Waals surface area (Å²) in [5.74, 6) is 0.451. The number of carbonyl (C=O) groups excluding carboxylic acids is 1. The fourth-order valence-electron chi connectivity index (χ4n) is 1.42. The lowest BCUT2D eigenvalue weighted by atomic mass is 10.1. The number of nitrogens with one attached hydrogen (secondary N) is 2. The monoisotopic (exact) mass is 308 g/mol.